The first kappa shape index (κ1) is 15.5. The van der Waals surface area contributed by atoms with Crippen molar-refractivity contribution in [2.45, 2.75) is 32.2 Å². The lowest BCUT2D eigenvalue weighted by Gasteiger charge is -2.17. The fraction of sp³-hybridized carbons (Fsp3) is 0.375. The van der Waals surface area contributed by atoms with Gasteiger partial charge in [0.15, 0.2) is 0 Å². The van der Waals surface area contributed by atoms with E-state index in [4.69, 9.17) is 11.6 Å². The number of nitrogens with one attached hydrogen (secondary N) is 1. The Balaban J connectivity index is 2.37. The van der Waals surface area contributed by atoms with Gasteiger partial charge in [0.2, 0.25) is 0 Å². The van der Waals surface area contributed by atoms with Crippen LogP contribution < -0.4 is 5.32 Å². The topological polar surface area (TPSA) is 12.0 Å². The highest BCUT2D eigenvalue weighted by atomic mass is 35.5. The molecule has 1 atom stereocenters. The maximum Gasteiger partial charge on any atom is 0.141 e. The quantitative estimate of drug-likeness (QED) is 0.827. The van der Waals surface area contributed by atoms with Crippen molar-refractivity contribution in [2.24, 2.45) is 0 Å². The molecule has 108 valence electrons. The first-order valence-electron chi connectivity index (χ1n) is 6.55. The van der Waals surface area contributed by atoms with Crippen LogP contribution in [0.5, 0.6) is 0 Å². The van der Waals surface area contributed by atoms with Gasteiger partial charge in [-0.3, -0.25) is 0 Å². The van der Waals surface area contributed by atoms with E-state index in [1.54, 1.807) is 23.5 Å². The van der Waals surface area contributed by atoms with E-state index in [2.05, 4.69) is 38.2 Å². The molecule has 0 saturated carbocycles. The minimum Gasteiger partial charge on any atom is -0.309 e. The SMILES string of the molecule is CNC(c1ccc(F)c(Cl)c1)c1ccc(C(C)(C)C)s1. The summed E-state index contributed by atoms with van der Waals surface area (Å²) in [5.41, 5.74) is 1.11. The third-order valence-electron chi connectivity index (χ3n) is 3.22. The van der Waals surface area contributed by atoms with Crippen LogP contribution >= 0.6 is 22.9 Å². The molecule has 0 amide bonds. The Morgan fingerprint density at radius 2 is 1.90 bits per heavy atom. The molecule has 4 heteroatoms. The monoisotopic (exact) mass is 311 g/mol. The van der Waals surface area contributed by atoms with Crippen molar-refractivity contribution in [2.75, 3.05) is 7.05 Å². The zero-order valence-corrected chi connectivity index (χ0v) is 13.7. The molecule has 1 nitrogen and oxygen atoms in total. The molecule has 0 fully saturated rings. The smallest absolute Gasteiger partial charge is 0.141 e. The largest absolute Gasteiger partial charge is 0.309 e. The van der Waals surface area contributed by atoms with Gasteiger partial charge in [0, 0.05) is 9.75 Å². The van der Waals surface area contributed by atoms with Gasteiger partial charge in [-0.05, 0) is 42.3 Å². The van der Waals surface area contributed by atoms with Gasteiger partial charge in [-0.15, -0.1) is 11.3 Å². The number of thiophene rings is 1. The van der Waals surface area contributed by atoms with Gasteiger partial charge in [-0.2, -0.15) is 0 Å². The van der Waals surface area contributed by atoms with Crippen molar-refractivity contribution in [3.63, 3.8) is 0 Å². The van der Waals surface area contributed by atoms with Crippen LogP contribution in [0.1, 0.15) is 42.1 Å². The second-order valence-electron chi connectivity index (χ2n) is 5.85. The van der Waals surface area contributed by atoms with E-state index in [-0.39, 0.29) is 22.3 Å². The van der Waals surface area contributed by atoms with Crippen LogP contribution in [0.25, 0.3) is 0 Å². The van der Waals surface area contributed by atoms with E-state index in [0.717, 1.165) is 5.56 Å². The van der Waals surface area contributed by atoms with Gasteiger partial charge >= 0.3 is 0 Å². The lowest BCUT2D eigenvalue weighted by molar-refractivity contribution is 0.604. The normalized spacial score (nSPS) is 13.5. The van der Waals surface area contributed by atoms with E-state index in [1.165, 1.54) is 15.8 Å². The predicted molar refractivity (Wildman–Crippen MR) is 85.3 cm³/mol. The molecule has 0 radical (unpaired) electrons. The molecule has 1 aromatic carbocycles. The van der Waals surface area contributed by atoms with E-state index >= 15 is 0 Å². The molecular weight excluding hydrogens is 293 g/mol. The van der Waals surface area contributed by atoms with Crippen molar-refractivity contribution < 1.29 is 4.39 Å². The second kappa shape index (κ2) is 5.84. The van der Waals surface area contributed by atoms with Crippen LogP contribution in [0.15, 0.2) is 30.3 Å². The molecule has 0 aliphatic rings. The Morgan fingerprint density at radius 1 is 1.20 bits per heavy atom. The zero-order chi connectivity index (χ0) is 14.9. The number of rotatable bonds is 3. The summed E-state index contributed by atoms with van der Waals surface area (Å²) >= 11 is 7.66. The molecule has 1 N–H and O–H groups in total. The molecule has 0 bridgehead atoms. The molecule has 2 aromatic rings. The van der Waals surface area contributed by atoms with Crippen molar-refractivity contribution in [1.29, 1.82) is 0 Å². The molecular formula is C16H19ClFNS. The predicted octanol–water partition coefficient (Wildman–Crippen LogP) is 5.15. The number of hydrogen-bond donors (Lipinski definition) is 1. The van der Waals surface area contributed by atoms with Crippen LogP contribution in [-0.4, -0.2) is 7.05 Å². The number of benzene rings is 1. The maximum atomic E-state index is 13.3. The average Bonchev–Trinajstić information content (AvgIpc) is 2.84. The molecule has 1 unspecified atom stereocenters. The molecule has 0 saturated heterocycles. The second-order valence-corrected chi connectivity index (χ2v) is 7.37. The standard InChI is InChI=1S/C16H19ClFNS/c1-16(2,3)14-8-7-13(20-14)15(19-4)10-5-6-12(18)11(17)9-10/h5-9,15,19H,1-4H3. The number of hydrogen-bond acceptors (Lipinski definition) is 2. The third kappa shape index (κ3) is 3.22. The molecule has 1 heterocycles. The fourth-order valence-corrected chi connectivity index (χ4v) is 3.47. The highest BCUT2D eigenvalue weighted by Crippen LogP contribution is 2.35. The van der Waals surface area contributed by atoms with E-state index in [1.807, 2.05) is 7.05 Å². The van der Waals surface area contributed by atoms with Gasteiger partial charge in [-0.25, -0.2) is 4.39 Å². The molecule has 2 rings (SSSR count). The van der Waals surface area contributed by atoms with Gasteiger partial charge in [0.1, 0.15) is 5.82 Å². The van der Waals surface area contributed by atoms with Crippen molar-refractivity contribution in [1.82, 2.24) is 5.32 Å². The minimum absolute atomic E-state index is 0.0363. The summed E-state index contributed by atoms with van der Waals surface area (Å²) in [7, 11) is 1.90. The van der Waals surface area contributed by atoms with Crippen molar-refractivity contribution in [3.8, 4) is 0 Å². The zero-order valence-electron chi connectivity index (χ0n) is 12.1. The van der Waals surface area contributed by atoms with Gasteiger partial charge in [0.05, 0.1) is 11.1 Å². The summed E-state index contributed by atoms with van der Waals surface area (Å²) < 4.78 is 13.3. The van der Waals surface area contributed by atoms with Crippen LogP contribution in [0.4, 0.5) is 4.39 Å². The highest BCUT2D eigenvalue weighted by Gasteiger charge is 2.20. The van der Waals surface area contributed by atoms with Crippen molar-refractivity contribution >= 4 is 22.9 Å². The highest BCUT2D eigenvalue weighted by molar-refractivity contribution is 7.12. The molecule has 0 spiro atoms. The van der Waals surface area contributed by atoms with E-state index in [0.29, 0.717) is 0 Å². The van der Waals surface area contributed by atoms with Crippen LogP contribution in [0.3, 0.4) is 0 Å². The molecule has 0 aliphatic heterocycles. The third-order valence-corrected chi connectivity index (χ3v) is 5.08. The summed E-state index contributed by atoms with van der Waals surface area (Å²) in [4.78, 5) is 2.54. The summed E-state index contributed by atoms with van der Waals surface area (Å²) in [5, 5.41) is 3.44. The Kier molecular flexibility index (Phi) is 4.52. The summed E-state index contributed by atoms with van der Waals surface area (Å²) in [6.07, 6.45) is 0. The Bertz CT molecular complexity index is 601. The van der Waals surface area contributed by atoms with Crippen LogP contribution in [0.2, 0.25) is 5.02 Å². The Labute approximate surface area is 128 Å². The lowest BCUT2D eigenvalue weighted by Crippen LogP contribution is -2.16. The summed E-state index contributed by atoms with van der Waals surface area (Å²) in [6.45, 7) is 6.60. The maximum absolute atomic E-state index is 13.3. The van der Waals surface area contributed by atoms with E-state index < -0.39 is 0 Å². The van der Waals surface area contributed by atoms with Crippen LogP contribution in [0, 0.1) is 5.82 Å². The average molecular weight is 312 g/mol. The first-order chi connectivity index (χ1) is 9.32. The van der Waals surface area contributed by atoms with Gasteiger partial charge in [0.25, 0.3) is 0 Å². The lowest BCUT2D eigenvalue weighted by atomic mass is 9.95. The molecule has 1 aromatic heterocycles. The molecule has 0 aliphatic carbocycles. The molecule has 20 heavy (non-hydrogen) atoms. The minimum atomic E-state index is -0.383. The summed E-state index contributed by atoms with van der Waals surface area (Å²) in [5.74, 6) is -0.383. The first-order valence-corrected chi connectivity index (χ1v) is 7.75. The Morgan fingerprint density at radius 3 is 2.40 bits per heavy atom. The summed E-state index contributed by atoms with van der Waals surface area (Å²) in [6, 6.07) is 9.21. The number of halogens is 2. The van der Waals surface area contributed by atoms with Gasteiger partial charge in [-0.1, -0.05) is 38.4 Å². The fourth-order valence-electron chi connectivity index (χ4n) is 2.08. The van der Waals surface area contributed by atoms with Crippen molar-refractivity contribution in [3.05, 3.63) is 56.5 Å². The van der Waals surface area contributed by atoms with Crippen LogP contribution in [-0.2, 0) is 5.41 Å². The van der Waals surface area contributed by atoms with E-state index in [9.17, 15) is 4.39 Å². The van der Waals surface area contributed by atoms with Gasteiger partial charge < -0.3 is 5.32 Å². The Hall–Kier alpha value is -0.900.